The van der Waals surface area contributed by atoms with Gasteiger partial charge in [0, 0.05) is 12.6 Å². The van der Waals surface area contributed by atoms with Crippen LogP contribution in [0.15, 0.2) is 42.5 Å². The summed E-state index contributed by atoms with van der Waals surface area (Å²) in [5.74, 6) is -0.683. The predicted octanol–water partition coefficient (Wildman–Crippen LogP) is 1.29. The van der Waals surface area contributed by atoms with Crippen molar-refractivity contribution in [3.05, 3.63) is 48.0 Å². The van der Waals surface area contributed by atoms with Crippen molar-refractivity contribution in [2.75, 3.05) is 13.1 Å². The number of carbonyl (C=O) groups is 2. The van der Waals surface area contributed by atoms with E-state index in [2.05, 4.69) is 17.4 Å². The molecule has 5 heteroatoms. The molecule has 0 unspecified atom stereocenters. The largest absolute Gasteiger partial charge is 0.360 e. The summed E-state index contributed by atoms with van der Waals surface area (Å²) in [5.41, 5.74) is 0.623. The van der Waals surface area contributed by atoms with E-state index in [-0.39, 0.29) is 29.8 Å². The molecule has 1 N–H and O–H groups in total. The molecule has 5 rings (SSSR count). The van der Waals surface area contributed by atoms with Crippen molar-refractivity contribution >= 4 is 11.8 Å². The van der Waals surface area contributed by atoms with Gasteiger partial charge in [0.05, 0.1) is 24.5 Å². The van der Waals surface area contributed by atoms with E-state index in [1.165, 1.54) is 5.56 Å². The molecule has 1 aliphatic carbocycles. The third-order valence-electron chi connectivity index (χ3n) is 5.92. The number of amides is 2. The number of hydrogen-bond acceptors (Lipinski definition) is 3. The zero-order valence-electron chi connectivity index (χ0n) is 14.1. The molecule has 1 saturated carbocycles. The second kappa shape index (κ2) is 5.43. The lowest BCUT2D eigenvalue weighted by atomic mass is 9.77. The van der Waals surface area contributed by atoms with Gasteiger partial charge in [-0.25, -0.2) is 0 Å². The fraction of sp³-hybridized carbons (Fsp3) is 0.500. The number of nitrogens with zero attached hydrogens (tertiary/aromatic N) is 1. The average Bonchev–Trinajstić information content (AvgIpc) is 3.16. The third-order valence-corrected chi connectivity index (χ3v) is 5.92. The van der Waals surface area contributed by atoms with E-state index < -0.39 is 5.60 Å². The van der Waals surface area contributed by atoms with Gasteiger partial charge in [0.25, 0.3) is 0 Å². The van der Waals surface area contributed by atoms with E-state index in [0.29, 0.717) is 19.1 Å². The molecule has 1 spiro atoms. The van der Waals surface area contributed by atoms with Crippen LogP contribution in [0, 0.1) is 11.8 Å². The summed E-state index contributed by atoms with van der Waals surface area (Å²) in [4.78, 5) is 27.6. The van der Waals surface area contributed by atoms with Gasteiger partial charge in [-0.3, -0.25) is 9.59 Å². The first-order chi connectivity index (χ1) is 12.2. The Kier molecular flexibility index (Phi) is 3.29. The van der Waals surface area contributed by atoms with Crippen molar-refractivity contribution in [1.82, 2.24) is 10.2 Å². The van der Waals surface area contributed by atoms with Gasteiger partial charge in [0.15, 0.2) is 0 Å². The van der Waals surface area contributed by atoms with Crippen LogP contribution >= 0.6 is 0 Å². The topological polar surface area (TPSA) is 58.6 Å². The Hall–Kier alpha value is -2.14. The molecule has 3 aliphatic heterocycles. The van der Waals surface area contributed by atoms with Gasteiger partial charge in [-0.1, -0.05) is 42.5 Å². The lowest BCUT2D eigenvalue weighted by molar-refractivity contribution is -0.137. The molecule has 1 aromatic carbocycles. The van der Waals surface area contributed by atoms with E-state index in [1.54, 1.807) is 0 Å². The summed E-state index contributed by atoms with van der Waals surface area (Å²) in [6.45, 7) is 1.23. The number of nitrogens with one attached hydrogen (secondary N) is 1. The normalized spacial score (nSPS) is 35.3. The van der Waals surface area contributed by atoms with Crippen LogP contribution in [0.5, 0.6) is 0 Å². The Morgan fingerprint density at radius 1 is 1.28 bits per heavy atom. The number of carbonyl (C=O) groups excluding carboxylic acids is 2. The van der Waals surface area contributed by atoms with E-state index >= 15 is 0 Å². The van der Waals surface area contributed by atoms with Crippen molar-refractivity contribution < 1.29 is 14.3 Å². The summed E-state index contributed by atoms with van der Waals surface area (Å²) in [7, 11) is 0. The smallest absolute Gasteiger partial charge is 0.230 e. The summed E-state index contributed by atoms with van der Waals surface area (Å²) in [5, 5.41) is 3.06. The fourth-order valence-corrected chi connectivity index (χ4v) is 4.50. The van der Waals surface area contributed by atoms with Crippen LogP contribution in [0.4, 0.5) is 0 Å². The summed E-state index contributed by atoms with van der Waals surface area (Å²) >= 11 is 0. The second-order valence-electron chi connectivity index (χ2n) is 7.68. The van der Waals surface area contributed by atoms with Crippen molar-refractivity contribution in [3.8, 4) is 0 Å². The first kappa shape index (κ1) is 15.1. The molecule has 5 nitrogen and oxygen atoms in total. The van der Waals surface area contributed by atoms with Crippen LogP contribution in [0.1, 0.15) is 18.4 Å². The van der Waals surface area contributed by atoms with Crippen molar-refractivity contribution in [2.24, 2.45) is 11.8 Å². The summed E-state index contributed by atoms with van der Waals surface area (Å²) < 4.78 is 6.14. The molecule has 4 aliphatic rings. The number of fused-ring (bicyclic) bond motifs is 1. The highest BCUT2D eigenvalue weighted by molar-refractivity contribution is 5.93. The standard InChI is InChI=1S/C20H22N2O3/c23-18(21-14-6-7-14)16-15-8-10-20(25-15)12-22(19(24)17(16)20)11-9-13-4-2-1-3-5-13/h1-5,8,10,14-17H,6-7,9,11-12H2,(H,21,23)/t15-,16-,17+,20+/m0/s1. The van der Waals surface area contributed by atoms with Gasteiger partial charge < -0.3 is 15.0 Å². The molecule has 3 heterocycles. The maximum absolute atomic E-state index is 13.0. The molecule has 2 saturated heterocycles. The van der Waals surface area contributed by atoms with Gasteiger partial charge in [-0.15, -0.1) is 0 Å². The number of ether oxygens (including phenoxy) is 1. The maximum Gasteiger partial charge on any atom is 0.230 e. The van der Waals surface area contributed by atoms with E-state index in [9.17, 15) is 9.59 Å². The average molecular weight is 338 g/mol. The van der Waals surface area contributed by atoms with E-state index in [1.807, 2.05) is 35.3 Å². The zero-order valence-corrected chi connectivity index (χ0v) is 14.1. The highest BCUT2D eigenvalue weighted by Gasteiger charge is 2.66. The molecule has 3 fully saturated rings. The van der Waals surface area contributed by atoms with E-state index in [0.717, 1.165) is 19.3 Å². The number of hydrogen-bond donors (Lipinski definition) is 1. The van der Waals surface area contributed by atoms with Gasteiger partial charge in [0.2, 0.25) is 11.8 Å². The Balaban J connectivity index is 1.33. The molecule has 4 atom stereocenters. The number of benzene rings is 1. The lowest BCUT2D eigenvalue weighted by Crippen LogP contribution is -2.44. The van der Waals surface area contributed by atoms with Crippen LogP contribution in [0.25, 0.3) is 0 Å². The molecule has 25 heavy (non-hydrogen) atoms. The molecule has 2 bridgehead atoms. The molecule has 130 valence electrons. The highest BCUT2D eigenvalue weighted by Crippen LogP contribution is 2.52. The third kappa shape index (κ3) is 2.41. The SMILES string of the molecule is O=C(NC1CC1)[C@H]1[C@@H]2C=C[C@]3(CN(CCc4ccccc4)C(=O)[C@@H]13)O2. The van der Waals surface area contributed by atoms with Gasteiger partial charge in [-0.05, 0) is 24.8 Å². The van der Waals surface area contributed by atoms with Crippen LogP contribution in [-0.2, 0) is 20.7 Å². The van der Waals surface area contributed by atoms with Crippen molar-refractivity contribution in [2.45, 2.75) is 37.0 Å². The van der Waals surface area contributed by atoms with Crippen LogP contribution < -0.4 is 5.32 Å². The molecule has 2 amide bonds. The Morgan fingerprint density at radius 3 is 2.84 bits per heavy atom. The fourth-order valence-electron chi connectivity index (χ4n) is 4.50. The Bertz CT molecular complexity index is 743. The first-order valence-electron chi connectivity index (χ1n) is 9.17. The number of likely N-dealkylation sites (tertiary alicyclic amines) is 1. The van der Waals surface area contributed by atoms with Gasteiger partial charge in [0.1, 0.15) is 5.60 Å². The minimum Gasteiger partial charge on any atom is -0.360 e. The Morgan fingerprint density at radius 2 is 2.08 bits per heavy atom. The Labute approximate surface area is 147 Å². The minimum atomic E-state index is -0.593. The van der Waals surface area contributed by atoms with Crippen molar-refractivity contribution in [3.63, 3.8) is 0 Å². The minimum absolute atomic E-state index is 0.0121. The van der Waals surface area contributed by atoms with Crippen molar-refractivity contribution in [1.29, 1.82) is 0 Å². The van der Waals surface area contributed by atoms with E-state index in [4.69, 9.17) is 4.74 Å². The summed E-state index contributed by atoms with van der Waals surface area (Å²) in [6, 6.07) is 10.5. The van der Waals surface area contributed by atoms with Crippen LogP contribution in [0.3, 0.4) is 0 Å². The van der Waals surface area contributed by atoms with Crippen LogP contribution in [-0.4, -0.2) is 47.6 Å². The van der Waals surface area contributed by atoms with Gasteiger partial charge >= 0.3 is 0 Å². The lowest BCUT2D eigenvalue weighted by Gasteiger charge is -2.23. The zero-order chi connectivity index (χ0) is 17.0. The van der Waals surface area contributed by atoms with Gasteiger partial charge in [-0.2, -0.15) is 0 Å². The predicted molar refractivity (Wildman–Crippen MR) is 91.6 cm³/mol. The maximum atomic E-state index is 13.0. The summed E-state index contributed by atoms with van der Waals surface area (Å²) in [6.07, 6.45) is 6.66. The molecule has 1 aromatic rings. The molecular weight excluding hydrogens is 316 g/mol. The molecule has 0 radical (unpaired) electrons. The second-order valence-corrected chi connectivity index (χ2v) is 7.68. The monoisotopic (exact) mass is 338 g/mol. The highest BCUT2D eigenvalue weighted by atomic mass is 16.5. The number of rotatable bonds is 5. The van der Waals surface area contributed by atoms with Crippen LogP contribution in [0.2, 0.25) is 0 Å². The quantitative estimate of drug-likeness (QED) is 0.823. The first-order valence-corrected chi connectivity index (χ1v) is 9.17. The molecule has 0 aromatic heterocycles. The molecular formula is C20H22N2O3.